The van der Waals surface area contributed by atoms with E-state index in [-0.39, 0.29) is 18.0 Å². The van der Waals surface area contributed by atoms with Crippen LogP contribution in [0.2, 0.25) is 0 Å². The van der Waals surface area contributed by atoms with Gasteiger partial charge in [0.25, 0.3) is 5.91 Å². The number of nitrogens with one attached hydrogen (secondary N) is 1. The number of hydrogen-bond acceptors (Lipinski definition) is 3. The summed E-state index contributed by atoms with van der Waals surface area (Å²) in [6.07, 6.45) is 1.82. The van der Waals surface area contributed by atoms with Gasteiger partial charge in [0.05, 0.1) is 18.0 Å². The van der Waals surface area contributed by atoms with Crippen LogP contribution < -0.4 is 9.62 Å². The van der Waals surface area contributed by atoms with Gasteiger partial charge in [-0.15, -0.1) is 0 Å². The van der Waals surface area contributed by atoms with Crippen LogP contribution in [0.3, 0.4) is 0 Å². The van der Waals surface area contributed by atoms with Gasteiger partial charge in [-0.3, -0.25) is 9.10 Å². The molecule has 2 aromatic carbocycles. The van der Waals surface area contributed by atoms with Crippen molar-refractivity contribution in [3.05, 3.63) is 65.2 Å². The van der Waals surface area contributed by atoms with Crippen LogP contribution in [0.25, 0.3) is 0 Å². The Morgan fingerprint density at radius 1 is 1.20 bits per heavy atom. The van der Waals surface area contributed by atoms with E-state index >= 15 is 0 Å². The highest BCUT2D eigenvalue weighted by molar-refractivity contribution is 7.92. The zero-order valence-corrected chi connectivity index (χ0v) is 15.4. The molecule has 0 spiro atoms. The Balaban J connectivity index is 1.81. The molecule has 1 amide bonds. The summed E-state index contributed by atoms with van der Waals surface area (Å²) in [6, 6.07) is 14.7. The number of sulfonamides is 1. The number of rotatable bonds is 4. The Morgan fingerprint density at radius 2 is 1.88 bits per heavy atom. The van der Waals surface area contributed by atoms with Crippen LogP contribution in [0.15, 0.2) is 48.5 Å². The molecule has 2 aromatic rings. The predicted molar refractivity (Wildman–Crippen MR) is 99.3 cm³/mol. The van der Waals surface area contributed by atoms with E-state index in [1.165, 1.54) is 10.6 Å². The maximum atomic E-state index is 12.5. The first-order valence-electron chi connectivity index (χ1n) is 8.25. The Hall–Kier alpha value is -2.34. The highest BCUT2D eigenvalue weighted by atomic mass is 32.2. The second kappa shape index (κ2) is 6.52. The quantitative estimate of drug-likeness (QED) is 0.914. The third kappa shape index (κ3) is 3.54. The number of fused-ring (bicyclic) bond motifs is 1. The summed E-state index contributed by atoms with van der Waals surface area (Å²) in [5, 5.41) is 2.99. The molecule has 0 bridgehead atoms. The maximum absolute atomic E-state index is 12.5. The third-order valence-electron chi connectivity index (χ3n) is 4.50. The smallest absolute Gasteiger partial charge is 0.251 e. The fraction of sp³-hybridized carbons (Fsp3) is 0.316. The summed E-state index contributed by atoms with van der Waals surface area (Å²) >= 11 is 0. The second-order valence-corrected chi connectivity index (χ2v) is 8.42. The molecule has 0 saturated heterocycles. The van der Waals surface area contributed by atoms with Crippen molar-refractivity contribution in [1.29, 1.82) is 0 Å². The maximum Gasteiger partial charge on any atom is 0.251 e. The molecule has 25 heavy (non-hydrogen) atoms. The van der Waals surface area contributed by atoms with E-state index in [4.69, 9.17) is 0 Å². The first-order chi connectivity index (χ1) is 11.8. The lowest BCUT2D eigenvalue weighted by Crippen LogP contribution is -2.34. The van der Waals surface area contributed by atoms with Gasteiger partial charge in [0, 0.05) is 11.6 Å². The number of hydrogen-bond donors (Lipinski definition) is 1. The van der Waals surface area contributed by atoms with Gasteiger partial charge in [-0.1, -0.05) is 30.3 Å². The molecule has 0 aromatic heterocycles. The van der Waals surface area contributed by atoms with Crippen molar-refractivity contribution in [3.8, 4) is 0 Å². The number of benzene rings is 2. The largest absolute Gasteiger partial charge is 0.346 e. The number of carbonyl (C=O) groups is 1. The van der Waals surface area contributed by atoms with Crippen LogP contribution in [-0.2, 0) is 16.4 Å². The van der Waals surface area contributed by atoms with Crippen molar-refractivity contribution < 1.29 is 13.2 Å². The van der Waals surface area contributed by atoms with Gasteiger partial charge in [0.15, 0.2) is 0 Å². The minimum atomic E-state index is -3.32. The lowest BCUT2D eigenvalue weighted by Gasteiger charge is -2.22. The molecule has 1 N–H and O–H groups in total. The van der Waals surface area contributed by atoms with Crippen molar-refractivity contribution in [1.82, 2.24) is 5.32 Å². The number of amides is 1. The molecule has 0 saturated carbocycles. The first-order valence-corrected chi connectivity index (χ1v) is 10.1. The molecular formula is C19H22N2O3S. The fourth-order valence-corrected chi connectivity index (χ4v) is 4.62. The van der Waals surface area contributed by atoms with Crippen LogP contribution in [0.1, 0.15) is 41.4 Å². The Labute approximate surface area is 148 Å². The Morgan fingerprint density at radius 3 is 2.52 bits per heavy atom. The molecule has 0 fully saturated rings. The van der Waals surface area contributed by atoms with Gasteiger partial charge in [0.2, 0.25) is 10.0 Å². The standard InChI is InChI=1S/C19H22N2O3S/c1-13-11-17-12-16(9-10-18(17)21(13)25(3,23)24)19(22)20-14(2)15-7-5-4-6-8-15/h4-10,12-14H,11H2,1-3H3,(H,20,22)/t13-,14+/m1/s1. The van der Waals surface area contributed by atoms with Crippen LogP contribution in [0.4, 0.5) is 5.69 Å². The molecule has 0 radical (unpaired) electrons. The SMILES string of the molecule is C[C@H](NC(=O)c1ccc2c(c1)C[C@@H](C)N2S(C)(=O)=O)c1ccccc1. The number of carbonyl (C=O) groups excluding carboxylic acids is 1. The van der Waals surface area contributed by atoms with Crippen LogP contribution >= 0.6 is 0 Å². The van der Waals surface area contributed by atoms with Gasteiger partial charge in [-0.25, -0.2) is 8.42 Å². The van der Waals surface area contributed by atoms with E-state index in [0.717, 1.165) is 11.1 Å². The van der Waals surface area contributed by atoms with Crippen molar-refractivity contribution in [2.75, 3.05) is 10.6 Å². The number of anilines is 1. The summed E-state index contributed by atoms with van der Waals surface area (Å²) in [5.41, 5.74) is 3.14. The molecule has 132 valence electrons. The minimum Gasteiger partial charge on any atom is -0.346 e. The van der Waals surface area contributed by atoms with Crippen molar-refractivity contribution in [2.24, 2.45) is 0 Å². The lowest BCUT2D eigenvalue weighted by atomic mass is 10.0. The van der Waals surface area contributed by atoms with E-state index in [9.17, 15) is 13.2 Å². The monoisotopic (exact) mass is 358 g/mol. The zero-order valence-electron chi connectivity index (χ0n) is 14.6. The zero-order chi connectivity index (χ0) is 18.2. The van der Waals surface area contributed by atoms with Gasteiger partial charge in [-0.05, 0) is 49.6 Å². The minimum absolute atomic E-state index is 0.103. The van der Waals surface area contributed by atoms with E-state index < -0.39 is 10.0 Å². The van der Waals surface area contributed by atoms with Crippen LogP contribution in [0.5, 0.6) is 0 Å². The summed E-state index contributed by atoms with van der Waals surface area (Å²) in [7, 11) is -3.32. The van der Waals surface area contributed by atoms with Gasteiger partial charge < -0.3 is 5.32 Å². The summed E-state index contributed by atoms with van der Waals surface area (Å²) in [5.74, 6) is -0.162. The molecule has 0 unspecified atom stereocenters. The molecule has 2 atom stereocenters. The molecule has 0 aliphatic carbocycles. The molecule has 1 aliphatic heterocycles. The molecule has 3 rings (SSSR count). The average Bonchev–Trinajstić information content (AvgIpc) is 2.90. The third-order valence-corrected chi connectivity index (χ3v) is 5.77. The Kier molecular flexibility index (Phi) is 4.56. The lowest BCUT2D eigenvalue weighted by molar-refractivity contribution is 0.0940. The van der Waals surface area contributed by atoms with Gasteiger partial charge >= 0.3 is 0 Å². The van der Waals surface area contributed by atoms with Crippen LogP contribution in [-0.4, -0.2) is 26.6 Å². The first kappa shape index (κ1) is 17.5. The molecule has 1 heterocycles. The number of nitrogens with zero attached hydrogens (tertiary/aromatic N) is 1. The van der Waals surface area contributed by atoms with Gasteiger partial charge in [0.1, 0.15) is 0 Å². The van der Waals surface area contributed by atoms with E-state index in [1.54, 1.807) is 18.2 Å². The molecular weight excluding hydrogens is 336 g/mol. The summed E-state index contributed by atoms with van der Waals surface area (Å²) < 4.78 is 25.4. The highest BCUT2D eigenvalue weighted by Crippen LogP contribution is 2.34. The Bertz CT molecular complexity index is 894. The van der Waals surface area contributed by atoms with E-state index in [0.29, 0.717) is 17.7 Å². The topological polar surface area (TPSA) is 66.5 Å². The van der Waals surface area contributed by atoms with Gasteiger partial charge in [-0.2, -0.15) is 0 Å². The fourth-order valence-electron chi connectivity index (χ4n) is 3.35. The molecule has 5 nitrogen and oxygen atoms in total. The van der Waals surface area contributed by atoms with E-state index in [2.05, 4.69) is 5.32 Å². The highest BCUT2D eigenvalue weighted by Gasteiger charge is 2.32. The second-order valence-electron chi connectivity index (χ2n) is 6.56. The van der Waals surface area contributed by atoms with Crippen molar-refractivity contribution in [2.45, 2.75) is 32.4 Å². The molecule has 1 aliphatic rings. The van der Waals surface area contributed by atoms with Crippen molar-refractivity contribution >= 4 is 21.6 Å². The molecule has 6 heteroatoms. The predicted octanol–water partition coefficient (Wildman–Crippen LogP) is 2.89. The average molecular weight is 358 g/mol. The summed E-state index contributed by atoms with van der Waals surface area (Å²) in [6.45, 7) is 3.81. The van der Waals surface area contributed by atoms with E-state index in [1.807, 2.05) is 44.2 Å². The summed E-state index contributed by atoms with van der Waals surface area (Å²) in [4.78, 5) is 12.5. The van der Waals surface area contributed by atoms with Crippen molar-refractivity contribution in [3.63, 3.8) is 0 Å². The van der Waals surface area contributed by atoms with Crippen LogP contribution in [0, 0.1) is 0 Å². The normalized spacial score (nSPS) is 17.9.